The van der Waals surface area contributed by atoms with Crippen LogP contribution >= 0.6 is 0 Å². The van der Waals surface area contributed by atoms with E-state index in [2.05, 4.69) is 5.32 Å². The molecule has 0 saturated heterocycles. The maximum atomic E-state index is 11.3. The fourth-order valence-electron chi connectivity index (χ4n) is 1.33. The third-order valence-electron chi connectivity index (χ3n) is 2.16. The molecule has 1 amide bonds. The Hall–Kier alpha value is -1.61. The smallest absolute Gasteiger partial charge is 0.320 e. The number of nitriles is 1. The lowest BCUT2D eigenvalue weighted by atomic mass is 10.2. The van der Waals surface area contributed by atoms with E-state index in [9.17, 15) is 9.59 Å². The summed E-state index contributed by atoms with van der Waals surface area (Å²) in [5.41, 5.74) is 0. The molecule has 0 aromatic carbocycles. The van der Waals surface area contributed by atoms with E-state index in [1.807, 2.05) is 6.07 Å². The molecule has 2 N–H and O–H groups in total. The lowest BCUT2D eigenvalue weighted by Crippen LogP contribution is -2.44. The quantitative estimate of drug-likeness (QED) is 0.588. The van der Waals surface area contributed by atoms with E-state index in [4.69, 9.17) is 10.4 Å². The van der Waals surface area contributed by atoms with Crippen molar-refractivity contribution in [2.75, 3.05) is 20.1 Å². The lowest BCUT2D eigenvalue weighted by Gasteiger charge is -2.22. The molecule has 0 aliphatic heterocycles. The zero-order valence-electron chi connectivity index (χ0n) is 9.56. The predicted molar refractivity (Wildman–Crippen MR) is 57.6 cm³/mol. The summed E-state index contributed by atoms with van der Waals surface area (Å²) >= 11 is 0. The van der Waals surface area contributed by atoms with Crippen LogP contribution in [0.2, 0.25) is 0 Å². The van der Waals surface area contributed by atoms with Crippen molar-refractivity contribution in [3.05, 3.63) is 0 Å². The largest absolute Gasteiger partial charge is 0.480 e. The Bertz CT molecular complexity index is 286. The number of aliphatic carboxylic acids is 1. The number of hydrogen-bond acceptors (Lipinski definition) is 4. The highest BCUT2D eigenvalue weighted by Crippen LogP contribution is 2.00. The van der Waals surface area contributed by atoms with Gasteiger partial charge in [0.15, 0.2) is 0 Å². The third kappa shape index (κ3) is 5.32. The number of carbonyl (C=O) groups excluding carboxylic acids is 1. The van der Waals surface area contributed by atoms with Crippen LogP contribution in [-0.2, 0) is 9.59 Å². The average molecular weight is 227 g/mol. The summed E-state index contributed by atoms with van der Waals surface area (Å²) in [6.45, 7) is 2.08. The molecule has 0 rings (SSSR count). The van der Waals surface area contributed by atoms with Crippen molar-refractivity contribution in [2.24, 2.45) is 0 Å². The highest BCUT2D eigenvalue weighted by molar-refractivity contribution is 5.79. The first-order chi connectivity index (χ1) is 7.52. The fraction of sp³-hybridized carbons (Fsp3) is 0.700. The van der Waals surface area contributed by atoms with Gasteiger partial charge in [0.05, 0.1) is 19.0 Å². The maximum Gasteiger partial charge on any atom is 0.320 e. The number of nitrogens with one attached hydrogen (secondary N) is 1. The number of nitrogens with zero attached hydrogens (tertiary/aromatic N) is 2. The highest BCUT2D eigenvalue weighted by atomic mass is 16.4. The van der Waals surface area contributed by atoms with Crippen LogP contribution in [0, 0.1) is 11.3 Å². The second kappa shape index (κ2) is 7.65. The van der Waals surface area contributed by atoms with E-state index >= 15 is 0 Å². The molecule has 0 bridgehead atoms. The SMILES string of the molecule is CCC(C(=O)O)N(C)CC(=O)NCCC#N. The molecule has 1 atom stereocenters. The van der Waals surface area contributed by atoms with Gasteiger partial charge in [0.2, 0.25) is 5.91 Å². The number of amides is 1. The molecule has 16 heavy (non-hydrogen) atoms. The molecule has 0 aromatic rings. The van der Waals surface area contributed by atoms with Gasteiger partial charge in [-0.1, -0.05) is 6.92 Å². The number of rotatable bonds is 7. The molecule has 0 aromatic heterocycles. The molecule has 0 heterocycles. The van der Waals surface area contributed by atoms with E-state index in [1.54, 1.807) is 14.0 Å². The monoisotopic (exact) mass is 227 g/mol. The normalized spacial score (nSPS) is 11.9. The summed E-state index contributed by atoms with van der Waals surface area (Å²) in [5.74, 6) is -1.20. The van der Waals surface area contributed by atoms with Gasteiger partial charge in [-0.2, -0.15) is 5.26 Å². The Morgan fingerprint density at radius 1 is 1.56 bits per heavy atom. The minimum atomic E-state index is -0.935. The van der Waals surface area contributed by atoms with Crippen LogP contribution in [0.15, 0.2) is 0 Å². The molecule has 0 spiro atoms. The van der Waals surface area contributed by atoms with Crippen LogP contribution < -0.4 is 5.32 Å². The van der Waals surface area contributed by atoms with Gasteiger partial charge in [-0.15, -0.1) is 0 Å². The Kier molecular flexibility index (Phi) is 6.88. The molecule has 6 nitrogen and oxygen atoms in total. The van der Waals surface area contributed by atoms with Gasteiger partial charge in [0, 0.05) is 6.54 Å². The van der Waals surface area contributed by atoms with Crippen molar-refractivity contribution in [3.8, 4) is 6.07 Å². The van der Waals surface area contributed by atoms with E-state index in [-0.39, 0.29) is 18.9 Å². The first-order valence-corrected chi connectivity index (χ1v) is 5.09. The number of carboxylic acids is 1. The van der Waals surface area contributed by atoms with E-state index in [0.717, 1.165) is 0 Å². The molecular weight excluding hydrogens is 210 g/mol. The fourth-order valence-corrected chi connectivity index (χ4v) is 1.33. The molecule has 1 unspecified atom stereocenters. The molecule has 0 aliphatic rings. The van der Waals surface area contributed by atoms with Crippen LogP contribution in [0.1, 0.15) is 19.8 Å². The van der Waals surface area contributed by atoms with Crippen LogP contribution in [-0.4, -0.2) is 48.1 Å². The molecule has 0 aliphatic carbocycles. The second-order valence-corrected chi connectivity index (χ2v) is 3.44. The van der Waals surface area contributed by atoms with Gasteiger partial charge >= 0.3 is 5.97 Å². The molecule has 0 radical (unpaired) electrons. The second-order valence-electron chi connectivity index (χ2n) is 3.44. The standard InChI is InChI=1S/C10H17N3O3/c1-3-8(10(15)16)13(2)7-9(14)12-6-4-5-11/h8H,3-4,6-7H2,1-2H3,(H,12,14)(H,15,16). The van der Waals surface area contributed by atoms with Gasteiger partial charge in [-0.3, -0.25) is 14.5 Å². The lowest BCUT2D eigenvalue weighted by molar-refractivity contribution is -0.143. The summed E-state index contributed by atoms with van der Waals surface area (Å²) in [6.07, 6.45) is 0.697. The van der Waals surface area contributed by atoms with Crippen LogP contribution in [0.5, 0.6) is 0 Å². The Morgan fingerprint density at radius 3 is 2.62 bits per heavy atom. The van der Waals surface area contributed by atoms with Gasteiger partial charge in [-0.05, 0) is 13.5 Å². The number of carbonyl (C=O) groups is 2. The minimum absolute atomic E-state index is 0.0240. The minimum Gasteiger partial charge on any atom is -0.480 e. The number of hydrogen-bond donors (Lipinski definition) is 2. The average Bonchev–Trinajstić information content (AvgIpc) is 2.18. The Labute approximate surface area is 94.8 Å². The first kappa shape index (κ1) is 14.4. The Morgan fingerprint density at radius 2 is 2.19 bits per heavy atom. The van der Waals surface area contributed by atoms with Crippen LogP contribution in [0.4, 0.5) is 0 Å². The van der Waals surface area contributed by atoms with Crippen molar-refractivity contribution < 1.29 is 14.7 Å². The van der Waals surface area contributed by atoms with Crippen molar-refractivity contribution >= 4 is 11.9 Å². The van der Waals surface area contributed by atoms with Crippen molar-refractivity contribution in [3.63, 3.8) is 0 Å². The molecule has 0 saturated carbocycles. The van der Waals surface area contributed by atoms with Gasteiger partial charge < -0.3 is 10.4 Å². The summed E-state index contributed by atoms with van der Waals surface area (Å²) in [5, 5.41) is 19.7. The zero-order chi connectivity index (χ0) is 12.6. The number of likely N-dealkylation sites (N-methyl/N-ethyl adjacent to an activating group) is 1. The van der Waals surface area contributed by atoms with Gasteiger partial charge in [0.25, 0.3) is 0 Å². The summed E-state index contributed by atoms with van der Waals surface area (Å²) in [7, 11) is 1.59. The first-order valence-electron chi connectivity index (χ1n) is 5.09. The molecular formula is C10H17N3O3. The predicted octanol–water partition coefficient (Wildman–Crippen LogP) is -0.189. The summed E-state index contributed by atoms with van der Waals surface area (Å²) < 4.78 is 0. The maximum absolute atomic E-state index is 11.3. The van der Waals surface area contributed by atoms with E-state index in [1.165, 1.54) is 4.90 Å². The van der Waals surface area contributed by atoms with E-state index < -0.39 is 12.0 Å². The molecule has 0 fully saturated rings. The summed E-state index contributed by atoms with van der Waals surface area (Å²) in [6, 6.07) is 1.25. The Balaban J connectivity index is 4.02. The van der Waals surface area contributed by atoms with Gasteiger partial charge in [-0.25, -0.2) is 0 Å². The zero-order valence-corrected chi connectivity index (χ0v) is 9.56. The number of carboxylic acid groups (broad SMARTS) is 1. The van der Waals surface area contributed by atoms with Crippen molar-refractivity contribution in [1.29, 1.82) is 5.26 Å². The van der Waals surface area contributed by atoms with Crippen molar-refractivity contribution in [2.45, 2.75) is 25.8 Å². The highest BCUT2D eigenvalue weighted by Gasteiger charge is 2.21. The summed E-state index contributed by atoms with van der Waals surface area (Å²) in [4.78, 5) is 23.6. The van der Waals surface area contributed by atoms with E-state index in [0.29, 0.717) is 13.0 Å². The molecule has 6 heteroatoms. The van der Waals surface area contributed by atoms with Crippen LogP contribution in [0.25, 0.3) is 0 Å². The van der Waals surface area contributed by atoms with Gasteiger partial charge in [0.1, 0.15) is 6.04 Å². The third-order valence-corrected chi connectivity index (χ3v) is 2.16. The topological polar surface area (TPSA) is 93.4 Å². The van der Waals surface area contributed by atoms with Crippen LogP contribution in [0.3, 0.4) is 0 Å². The van der Waals surface area contributed by atoms with Crippen molar-refractivity contribution in [1.82, 2.24) is 10.2 Å². The molecule has 90 valence electrons.